The second-order valence-corrected chi connectivity index (χ2v) is 6.92. The van der Waals surface area contributed by atoms with Gasteiger partial charge in [0.15, 0.2) is 0 Å². The summed E-state index contributed by atoms with van der Waals surface area (Å²) in [4.78, 5) is 13.7. The Hall–Kier alpha value is -3.19. The summed E-state index contributed by atoms with van der Waals surface area (Å²) in [5.74, 6) is 0.709. The molecule has 0 bridgehead atoms. The molecular formula is C20H15FN2O3S. The first kappa shape index (κ1) is 17.2. The molecule has 0 saturated heterocycles. The number of hydrogen-bond acceptors (Lipinski definition) is 5. The van der Waals surface area contributed by atoms with Gasteiger partial charge in [0.1, 0.15) is 23.9 Å². The van der Waals surface area contributed by atoms with Gasteiger partial charge in [0, 0.05) is 16.0 Å². The number of nitrogens with zero attached hydrogens (tertiary/aromatic N) is 1. The minimum absolute atomic E-state index is 0.322. The Morgan fingerprint density at radius 3 is 2.85 bits per heavy atom. The molecule has 0 aliphatic carbocycles. The first-order valence-electron chi connectivity index (χ1n) is 8.17. The van der Waals surface area contributed by atoms with Crippen molar-refractivity contribution < 1.29 is 18.7 Å². The van der Waals surface area contributed by atoms with Crippen LogP contribution >= 0.6 is 11.3 Å². The minimum atomic E-state index is -0.339. The summed E-state index contributed by atoms with van der Waals surface area (Å²) >= 11 is 1.30. The Balaban J connectivity index is 1.49. The molecule has 27 heavy (non-hydrogen) atoms. The average Bonchev–Trinajstić information content (AvgIpc) is 3.13. The number of hydrazone groups is 1. The van der Waals surface area contributed by atoms with Crippen molar-refractivity contribution in [1.82, 2.24) is 5.43 Å². The normalized spacial score (nSPS) is 12.2. The highest BCUT2D eigenvalue weighted by Crippen LogP contribution is 2.42. The van der Waals surface area contributed by atoms with E-state index >= 15 is 0 Å². The second-order valence-electron chi connectivity index (χ2n) is 5.87. The van der Waals surface area contributed by atoms with Gasteiger partial charge >= 0.3 is 0 Å². The van der Waals surface area contributed by atoms with Gasteiger partial charge in [-0.25, -0.2) is 9.82 Å². The highest BCUT2D eigenvalue weighted by atomic mass is 32.1. The van der Waals surface area contributed by atoms with E-state index in [1.807, 2.05) is 24.3 Å². The Bertz CT molecular complexity index is 1030. The highest BCUT2D eigenvalue weighted by molar-refractivity contribution is 7.17. The van der Waals surface area contributed by atoms with E-state index in [0.717, 1.165) is 21.8 Å². The summed E-state index contributed by atoms with van der Waals surface area (Å²) in [5.41, 5.74) is 4.88. The maximum Gasteiger partial charge on any atom is 0.281 e. The van der Waals surface area contributed by atoms with Crippen LogP contribution in [0.3, 0.4) is 0 Å². The molecule has 5 nitrogen and oxygen atoms in total. The maximum atomic E-state index is 13.6. The van der Waals surface area contributed by atoms with Crippen LogP contribution in [0.25, 0.3) is 10.4 Å². The fourth-order valence-corrected chi connectivity index (χ4v) is 3.83. The molecule has 0 fully saturated rings. The van der Waals surface area contributed by atoms with Crippen LogP contribution < -0.4 is 14.9 Å². The first-order valence-corrected chi connectivity index (χ1v) is 8.98. The van der Waals surface area contributed by atoms with Gasteiger partial charge < -0.3 is 9.47 Å². The van der Waals surface area contributed by atoms with Crippen LogP contribution in [0.4, 0.5) is 4.39 Å². The molecule has 7 heteroatoms. The predicted octanol–water partition coefficient (Wildman–Crippen LogP) is 4.22. The van der Waals surface area contributed by atoms with Crippen molar-refractivity contribution in [3.05, 3.63) is 70.4 Å². The molecule has 1 aliphatic heterocycles. The van der Waals surface area contributed by atoms with Crippen molar-refractivity contribution in [3.8, 4) is 21.9 Å². The molecule has 2 aromatic carbocycles. The Labute approximate surface area is 159 Å². The minimum Gasteiger partial charge on any atom is -0.497 e. The number of ether oxygens (including phenoxy) is 2. The zero-order chi connectivity index (χ0) is 18.8. The van der Waals surface area contributed by atoms with Crippen LogP contribution in [0.15, 0.2) is 53.6 Å². The fourth-order valence-electron chi connectivity index (χ4n) is 2.75. The standard InChI is InChI=1S/C20H15FN2O3S/c1-25-15-5-2-12(3-6-15)10-22-23-20(24)18-8-13-11-26-17-7-4-14(21)9-16(17)19(13)27-18/h2-10H,11H2,1H3,(H,23,24)/b22-10+. The number of carbonyl (C=O) groups is 1. The summed E-state index contributed by atoms with van der Waals surface area (Å²) < 4.78 is 24.3. The quantitative estimate of drug-likeness (QED) is 0.543. The zero-order valence-electron chi connectivity index (χ0n) is 14.4. The van der Waals surface area contributed by atoms with Crippen molar-refractivity contribution >= 4 is 23.5 Å². The van der Waals surface area contributed by atoms with Gasteiger partial charge in [-0.3, -0.25) is 4.79 Å². The lowest BCUT2D eigenvalue weighted by Crippen LogP contribution is -2.16. The van der Waals surface area contributed by atoms with E-state index in [1.54, 1.807) is 25.5 Å². The predicted molar refractivity (Wildman–Crippen MR) is 102 cm³/mol. The lowest BCUT2D eigenvalue weighted by atomic mass is 10.1. The van der Waals surface area contributed by atoms with Gasteiger partial charge in [-0.1, -0.05) is 0 Å². The lowest BCUT2D eigenvalue weighted by Gasteiger charge is -2.17. The van der Waals surface area contributed by atoms with Crippen molar-refractivity contribution in [2.75, 3.05) is 7.11 Å². The zero-order valence-corrected chi connectivity index (χ0v) is 15.2. The second kappa shape index (κ2) is 7.20. The van der Waals surface area contributed by atoms with E-state index in [-0.39, 0.29) is 11.7 Å². The number of benzene rings is 2. The number of nitrogens with one attached hydrogen (secondary N) is 1. The number of amides is 1. The van der Waals surface area contributed by atoms with E-state index in [0.29, 0.717) is 22.8 Å². The highest BCUT2D eigenvalue weighted by Gasteiger charge is 2.23. The van der Waals surface area contributed by atoms with Crippen LogP contribution in [0.2, 0.25) is 0 Å². The van der Waals surface area contributed by atoms with E-state index in [1.165, 1.54) is 23.5 Å². The van der Waals surface area contributed by atoms with Gasteiger partial charge in [-0.15, -0.1) is 11.3 Å². The Morgan fingerprint density at radius 1 is 1.26 bits per heavy atom. The molecule has 1 aromatic heterocycles. The molecule has 136 valence electrons. The average molecular weight is 382 g/mol. The fraction of sp³-hybridized carbons (Fsp3) is 0.100. The number of carbonyl (C=O) groups excluding carboxylic acids is 1. The SMILES string of the molecule is COc1ccc(/C=N/NC(=O)c2cc3c(s2)-c2cc(F)ccc2OC3)cc1. The monoisotopic (exact) mass is 382 g/mol. The third-order valence-corrected chi connectivity index (χ3v) is 5.31. The number of rotatable bonds is 4. The van der Waals surface area contributed by atoms with Crippen LogP contribution in [0.5, 0.6) is 11.5 Å². The molecule has 0 atom stereocenters. The molecule has 3 aromatic rings. The third-order valence-electron chi connectivity index (χ3n) is 4.10. The number of thiophene rings is 1. The smallest absolute Gasteiger partial charge is 0.281 e. The van der Waals surface area contributed by atoms with E-state index in [4.69, 9.17) is 9.47 Å². The largest absolute Gasteiger partial charge is 0.497 e. The summed E-state index contributed by atoms with van der Waals surface area (Å²) in [5, 5.41) is 3.99. The molecule has 0 saturated carbocycles. The molecule has 2 heterocycles. The number of fused-ring (bicyclic) bond motifs is 3. The van der Waals surface area contributed by atoms with Crippen LogP contribution in [-0.2, 0) is 6.61 Å². The van der Waals surface area contributed by atoms with Crippen molar-refractivity contribution in [1.29, 1.82) is 0 Å². The lowest BCUT2D eigenvalue weighted by molar-refractivity contribution is 0.0959. The van der Waals surface area contributed by atoms with E-state index in [9.17, 15) is 9.18 Å². The first-order chi connectivity index (χ1) is 13.1. The Morgan fingerprint density at radius 2 is 2.07 bits per heavy atom. The number of methoxy groups -OCH3 is 1. The van der Waals surface area contributed by atoms with Crippen LogP contribution in [0.1, 0.15) is 20.8 Å². The third kappa shape index (κ3) is 3.54. The summed E-state index contributed by atoms with van der Waals surface area (Å²) in [7, 11) is 1.60. The van der Waals surface area contributed by atoms with Gasteiger partial charge in [0.05, 0.1) is 18.2 Å². The number of hydrogen-bond donors (Lipinski definition) is 1. The molecule has 0 spiro atoms. The topological polar surface area (TPSA) is 59.9 Å². The molecule has 4 rings (SSSR count). The molecule has 1 aliphatic rings. The van der Waals surface area contributed by atoms with Crippen LogP contribution in [0, 0.1) is 5.82 Å². The number of halogens is 1. The van der Waals surface area contributed by atoms with Gasteiger partial charge in [0.2, 0.25) is 0 Å². The molecule has 1 amide bonds. The maximum absolute atomic E-state index is 13.6. The molecule has 0 radical (unpaired) electrons. The van der Waals surface area contributed by atoms with E-state index < -0.39 is 0 Å². The molecule has 0 unspecified atom stereocenters. The van der Waals surface area contributed by atoms with Crippen molar-refractivity contribution in [3.63, 3.8) is 0 Å². The van der Waals surface area contributed by atoms with Crippen molar-refractivity contribution in [2.24, 2.45) is 5.10 Å². The van der Waals surface area contributed by atoms with Gasteiger partial charge in [-0.05, 0) is 54.1 Å². The summed E-state index contributed by atoms with van der Waals surface area (Å²) in [6, 6.07) is 13.4. The molecular weight excluding hydrogens is 367 g/mol. The van der Waals surface area contributed by atoms with E-state index in [2.05, 4.69) is 10.5 Å². The van der Waals surface area contributed by atoms with Gasteiger partial charge in [-0.2, -0.15) is 5.10 Å². The summed E-state index contributed by atoms with van der Waals surface area (Å²) in [6.07, 6.45) is 1.55. The Kier molecular flexibility index (Phi) is 4.60. The summed E-state index contributed by atoms with van der Waals surface area (Å²) in [6.45, 7) is 0.354. The van der Waals surface area contributed by atoms with Gasteiger partial charge in [0.25, 0.3) is 5.91 Å². The van der Waals surface area contributed by atoms with Crippen LogP contribution in [-0.4, -0.2) is 19.2 Å². The van der Waals surface area contributed by atoms with Crippen molar-refractivity contribution in [2.45, 2.75) is 6.61 Å². The molecule has 1 N–H and O–H groups in total.